The lowest BCUT2D eigenvalue weighted by atomic mass is 9.84. The summed E-state index contributed by atoms with van der Waals surface area (Å²) in [4.78, 5) is 0.217. The van der Waals surface area contributed by atoms with E-state index in [0.717, 1.165) is 12.8 Å². The summed E-state index contributed by atoms with van der Waals surface area (Å²) in [6.07, 6.45) is 7.87. The second-order valence-corrected chi connectivity index (χ2v) is 12.1. The predicted octanol–water partition coefficient (Wildman–Crippen LogP) is 3.49. The minimum atomic E-state index is -3.81. The van der Waals surface area contributed by atoms with Crippen molar-refractivity contribution < 1.29 is 16.8 Å². The molecule has 2 aliphatic rings. The molecule has 1 aliphatic carbocycles. The Balaban J connectivity index is 1.89. The molecule has 1 atom stereocenters. The molecule has 0 aromatic heterocycles. The van der Waals surface area contributed by atoms with E-state index < -0.39 is 25.4 Å². The highest BCUT2D eigenvalue weighted by molar-refractivity contribution is 7.92. The van der Waals surface area contributed by atoms with Gasteiger partial charge in [-0.25, -0.2) is 16.8 Å². The smallest absolute Gasteiger partial charge is 0.229 e. The van der Waals surface area contributed by atoms with Gasteiger partial charge in [0, 0.05) is 12.1 Å². The topological polar surface area (TPSA) is 71.5 Å². The van der Waals surface area contributed by atoms with Crippen molar-refractivity contribution in [1.82, 2.24) is 4.31 Å². The van der Waals surface area contributed by atoms with Crippen LogP contribution in [0.25, 0.3) is 0 Å². The van der Waals surface area contributed by atoms with Crippen molar-refractivity contribution >= 4 is 19.9 Å². The number of benzene rings is 1. The van der Waals surface area contributed by atoms with Crippen LogP contribution in [0.15, 0.2) is 41.8 Å². The summed E-state index contributed by atoms with van der Waals surface area (Å²) < 4.78 is 51.9. The molecule has 1 heterocycles. The third-order valence-electron chi connectivity index (χ3n) is 5.92. The Morgan fingerprint density at radius 1 is 1.19 bits per heavy atom. The largest absolute Gasteiger partial charge is 0.243 e. The second kappa shape index (κ2) is 7.68. The van der Waals surface area contributed by atoms with E-state index in [1.54, 1.807) is 19.1 Å². The number of hydrogen-bond acceptors (Lipinski definition) is 4. The predicted molar refractivity (Wildman–Crippen MR) is 108 cm³/mol. The number of sulfone groups is 1. The quantitative estimate of drug-likeness (QED) is 0.672. The number of rotatable bonds is 6. The van der Waals surface area contributed by atoms with Gasteiger partial charge in [0.25, 0.3) is 0 Å². The Morgan fingerprint density at radius 3 is 2.33 bits per heavy atom. The van der Waals surface area contributed by atoms with Crippen LogP contribution < -0.4 is 0 Å². The molecule has 0 N–H and O–H groups in total. The molecule has 0 bridgehead atoms. The first-order valence-electron chi connectivity index (χ1n) is 9.62. The Morgan fingerprint density at radius 2 is 1.81 bits per heavy atom. The van der Waals surface area contributed by atoms with Gasteiger partial charge in [0.1, 0.15) is 0 Å². The third-order valence-corrected chi connectivity index (χ3v) is 9.85. The number of sulfonamides is 1. The molecule has 27 heavy (non-hydrogen) atoms. The first kappa shape index (κ1) is 20.6. The van der Waals surface area contributed by atoms with Crippen LogP contribution in [0.5, 0.6) is 0 Å². The molecule has 7 heteroatoms. The molecule has 1 aromatic carbocycles. The Bertz CT molecular complexity index is 884. The first-order valence-corrected chi connectivity index (χ1v) is 12.9. The lowest BCUT2D eigenvalue weighted by Crippen LogP contribution is -2.50. The molecule has 5 nitrogen and oxygen atoms in total. The molecule has 3 rings (SSSR count). The van der Waals surface area contributed by atoms with Crippen molar-refractivity contribution in [3.8, 4) is 0 Å². The summed E-state index contributed by atoms with van der Waals surface area (Å²) in [5.74, 6) is 0.387. The average Bonchev–Trinajstić information content (AvgIpc) is 2.94. The van der Waals surface area contributed by atoms with Crippen LogP contribution in [0, 0.1) is 0 Å². The molecule has 0 amide bonds. The average molecular weight is 412 g/mol. The van der Waals surface area contributed by atoms with Crippen LogP contribution in [-0.2, 0) is 19.9 Å². The minimum absolute atomic E-state index is 0.0211. The van der Waals surface area contributed by atoms with Gasteiger partial charge < -0.3 is 0 Å². The van der Waals surface area contributed by atoms with Gasteiger partial charge in [-0.2, -0.15) is 4.31 Å². The van der Waals surface area contributed by atoms with Crippen molar-refractivity contribution in [2.45, 2.75) is 61.8 Å². The molecule has 2 fully saturated rings. The zero-order valence-electron chi connectivity index (χ0n) is 15.9. The Kier molecular flexibility index (Phi) is 5.85. The summed E-state index contributed by atoms with van der Waals surface area (Å²) in [7, 11) is -7.03. The molecule has 0 unspecified atom stereocenters. The minimum Gasteiger partial charge on any atom is -0.229 e. The molecule has 0 radical (unpaired) electrons. The number of nitrogens with zero attached hydrogens (tertiary/aromatic N) is 1. The highest BCUT2D eigenvalue weighted by atomic mass is 32.2. The van der Waals surface area contributed by atoms with E-state index in [1.807, 2.05) is 12.1 Å². The maximum absolute atomic E-state index is 13.3. The lowest BCUT2D eigenvalue weighted by Gasteiger charge is -2.35. The van der Waals surface area contributed by atoms with E-state index in [0.29, 0.717) is 12.3 Å². The van der Waals surface area contributed by atoms with Gasteiger partial charge in [0.2, 0.25) is 10.0 Å². The van der Waals surface area contributed by atoms with E-state index >= 15 is 0 Å². The lowest BCUT2D eigenvalue weighted by molar-refractivity contribution is 0.252. The van der Waals surface area contributed by atoms with Crippen LogP contribution in [0.2, 0.25) is 0 Å². The van der Waals surface area contributed by atoms with Gasteiger partial charge in [-0.05, 0) is 49.8 Å². The normalized spacial score (nSPS) is 26.3. The van der Waals surface area contributed by atoms with Crippen molar-refractivity contribution in [2.75, 3.05) is 18.1 Å². The zero-order valence-corrected chi connectivity index (χ0v) is 17.6. The monoisotopic (exact) mass is 411 g/mol. The Labute approximate surface area is 163 Å². The van der Waals surface area contributed by atoms with Crippen molar-refractivity contribution in [3.63, 3.8) is 0 Å². The summed E-state index contributed by atoms with van der Waals surface area (Å²) in [6.45, 7) is 5.48. The highest BCUT2D eigenvalue weighted by Gasteiger charge is 2.47. The van der Waals surface area contributed by atoms with E-state index in [-0.39, 0.29) is 22.9 Å². The van der Waals surface area contributed by atoms with E-state index in [2.05, 4.69) is 6.58 Å². The standard InChI is InChI=1S/C20H29NO4S2/c1-3-14-21(20(2)13-15-26(22,23)16-20)27(24,25)19-11-9-18(10-12-19)17-7-5-4-6-8-17/h3,9-12,17H,1,4-8,13-16H2,2H3/t20-/m1/s1. The highest BCUT2D eigenvalue weighted by Crippen LogP contribution is 2.36. The molecule has 150 valence electrons. The van der Waals surface area contributed by atoms with Gasteiger partial charge in [0.15, 0.2) is 9.84 Å². The van der Waals surface area contributed by atoms with Gasteiger partial charge in [-0.1, -0.05) is 37.5 Å². The van der Waals surface area contributed by atoms with Gasteiger partial charge >= 0.3 is 0 Å². The van der Waals surface area contributed by atoms with Gasteiger partial charge in [-0.3, -0.25) is 0 Å². The van der Waals surface area contributed by atoms with Crippen LogP contribution >= 0.6 is 0 Å². The fourth-order valence-corrected chi connectivity index (χ4v) is 8.39. The van der Waals surface area contributed by atoms with Crippen LogP contribution in [0.3, 0.4) is 0 Å². The molecular formula is C20H29NO4S2. The van der Waals surface area contributed by atoms with Crippen molar-refractivity contribution in [3.05, 3.63) is 42.5 Å². The SMILES string of the molecule is C=CCN([C@]1(C)CCS(=O)(=O)C1)S(=O)(=O)c1ccc(C2CCCCC2)cc1. The maximum atomic E-state index is 13.3. The Hall–Kier alpha value is -1.18. The molecule has 1 aromatic rings. The first-order chi connectivity index (χ1) is 12.7. The summed E-state index contributed by atoms with van der Waals surface area (Å²) in [6, 6.07) is 7.18. The molecule has 1 saturated carbocycles. The maximum Gasteiger partial charge on any atom is 0.243 e. The fourth-order valence-electron chi connectivity index (χ4n) is 4.39. The molecular weight excluding hydrogens is 382 g/mol. The van der Waals surface area contributed by atoms with Crippen LogP contribution in [0.1, 0.15) is 56.9 Å². The van der Waals surface area contributed by atoms with Gasteiger partial charge in [-0.15, -0.1) is 6.58 Å². The molecule has 0 spiro atoms. The molecule has 1 saturated heterocycles. The van der Waals surface area contributed by atoms with Crippen molar-refractivity contribution in [1.29, 1.82) is 0 Å². The van der Waals surface area contributed by atoms with E-state index in [9.17, 15) is 16.8 Å². The van der Waals surface area contributed by atoms with Crippen LogP contribution in [0.4, 0.5) is 0 Å². The fraction of sp³-hybridized carbons (Fsp3) is 0.600. The summed E-state index contributed by atoms with van der Waals surface area (Å²) in [5, 5.41) is 0. The zero-order chi connectivity index (χ0) is 19.7. The van der Waals surface area contributed by atoms with Gasteiger partial charge in [0.05, 0.1) is 16.4 Å². The number of hydrogen-bond donors (Lipinski definition) is 0. The third kappa shape index (κ3) is 4.30. The van der Waals surface area contributed by atoms with Crippen LogP contribution in [-0.4, -0.2) is 44.7 Å². The molecule has 1 aliphatic heterocycles. The van der Waals surface area contributed by atoms with E-state index in [1.165, 1.54) is 35.2 Å². The summed E-state index contributed by atoms with van der Waals surface area (Å²) >= 11 is 0. The van der Waals surface area contributed by atoms with E-state index in [4.69, 9.17) is 0 Å². The summed E-state index contributed by atoms with van der Waals surface area (Å²) in [5.41, 5.74) is 0.257. The van der Waals surface area contributed by atoms with Crippen molar-refractivity contribution in [2.24, 2.45) is 0 Å². The second-order valence-electron chi connectivity index (χ2n) is 8.07.